The van der Waals surface area contributed by atoms with Crippen LogP contribution in [0.25, 0.3) is 38.5 Å². The summed E-state index contributed by atoms with van der Waals surface area (Å²) in [6, 6.07) is 25.8. The molecular weight excluding hydrogens is 372 g/mol. The van der Waals surface area contributed by atoms with Crippen molar-refractivity contribution in [1.29, 1.82) is 0 Å². The lowest BCUT2D eigenvalue weighted by molar-refractivity contribution is 0.482. The molecule has 0 N–H and O–H groups in total. The number of benzene rings is 3. The Balaban J connectivity index is 1.52. The highest BCUT2D eigenvalue weighted by atomic mass is 16.5. The van der Waals surface area contributed by atoms with Gasteiger partial charge in [0.25, 0.3) is 0 Å². The van der Waals surface area contributed by atoms with E-state index in [0.717, 1.165) is 50.0 Å². The zero-order chi connectivity index (χ0) is 19.9. The third-order valence-electron chi connectivity index (χ3n) is 5.21. The molecule has 0 aliphatic carbocycles. The second-order valence-corrected chi connectivity index (χ2v) is 7.02. The van der Waals surface area contributed by atoms with Gasteiger partial charge < -0.3 is 4.74 Å². The van der Waals surface area contributed by atoms with E-state index < -0.39 is 0 Å². The highest BCUT2D eigenvalue weighted by Gasteiger charge is 2.15. The number of para-hydroxylation sites is 1. The Morgan fingerprint density at radius 3 is 2.00 bits per heavy atom. The fourth-order valence-electron chi connectivity index (χ4n) is 3.87. The first-order valence-corrected chi connectivity index (χ1v) is 9.70. The lowest BCUT2D eigenvalue weighted by Crippen LogP contribution is -1.94. The molecule has 6 rings (SSSR count). The van der Waals surface area contributed by atoms with Gasteiger partial charge in [-0.3, -0.25) is 14.5 Å². The van der Waals surface area contributed by atoms with Gasteiger partial charge in [-0.15, -0.1) is 0 Å². The van der Waals surface area contributed by atoms with Crippen molar-refractivity contribution >= 4 is 32.8 Å². The molecule has 0 fully saturated rings. The van der Waals surface area contributed by atoms with Gasteiger partial charge in [0.2, 0.25) is 0 Å². The molecule has 0 unspecified atom stereocenters. The molecule has 0 aliphatic heterocycles. The molecule has 30 heavy (non-hydrogen) atoms. The Morgan fingerprint density at radius 2 is 1.23 bits per heavy atom. The molecular formula is C25H16N4O. The maximum absolute atomic E-state index is 5.92. The van der Waals surface area contributed by atoms with Crippen molar-refractivity contribution in [3.05, 3.63) is 97.6 Å². The normalized spacial score (nSPS) is 11.3. The number of fused-ring (bicyclic) bond motifs is 6. The molecule has 0 spiro atoms. The van der Waals surface area contributed by atoms with E-state index in [1.54, 1.807) is 12.4 Å². The number of aromatic nitrogens is 4. The van der Waals surface area contributed by atoms with E-state index in [0.29, 0.717) is 0 Å². The average Bonchev–Trinajstić information content (AvgIpc) is 3.26. The smallest absolute Gasteiger partial charge is 0.127 e. The molecule has 5 nitrogen and oxygen atoms in total. The average molecular weight is 388 g/mol. The van der Waals surface area contributed by atoms with Crippen LogP contribution in [0.4, 0.5) is 0 Å². The first-order chi connectivity index (χ1) is 14.9. The third kappa shape index (κ3) is 2.60. The van der Waals surface area contributed by atoms with Gasteiger partial charge in [0.15, 0.2) is 0 Å². The Morgan fingerprint density at radius 1 is 0.567 bits per heavy atom. The number of imidazole rings is 1. The number of ether oxygens (including phenoxy) is 1. The maximum atomic E-state index is 5.92. The summed E-state index contributed by atoms with van der Waals surface area (Å²) in [5.74, 6) is 1.60. The van der Waals surface area contributed by atoms with Gasteiger partial charge in [0, 0.05) is 28.9 Å². The second-order valence-electron chi connectivity index (χ2n) is 7.02. The number of hydrogen-bond acceptors (Lipinski definition) is 4. The summed E-state index contributed by atoms with van der Waals surface area (Å²) in [5, 5.41) is 2.03. The van der Waals surface area contributed by atoms with Crippen molar-refractivity contribution < 1.29 is 4.74 Å². The zero-order valence-electron chi connectivity index (χ0n) is 15.9. The highest BCUT2D eigenvalue weighted by molar-refractivity contribution is 6.20. The summed E-state index contributed by atoms with van der Waals surface area (Å²) in [6.07, 6.45) is 5.46. The van der Waals surface area contributed by atoms with Crippen molar-refractivity contribution in [1.82, 2.24) is 19.5 Å². The van der Waals surface area contributed by atoms with Gasteiger partial charge >= 0.3 is 0 Å². The number of pyridine rings is 2. The molecule has 142 valence electrons. The van der Waals surface area contributed by atoms with Crippen molar-refractivity contribution in [2.75, 3.05) is 0 Å². The summed E-state index contributed by atoms with van der Waals surface area (Å²) in [5.41, 5.74) is 4.70. The largest absolute Gasteiger partial charge is 0.457 e. The van der Waals surface area contributed by atoms with E-state index in [1.807, 2.05) is 79.1 Å². The minimum absolute atomic E-state index is 0.788. The monoisotopic (exact) mass is 388 g/mol. The minimum atomic E-state index is 0.788. The molecule has 0 atom stereocenters. The SMILES string of the molecule is c1ccc(Oc2ccc(-n3cnc4c5cccnc5c5ncccc5c43)cc2)cc1. The molecule has 3 aromatic heterocycles. The maximum Gasteiger partial charge on any atom is 0.127 e. The van der Waals surface area contributed by atoms with Crippen LogP contribution in [-0.2, 0) is 0 Å². The van der Waals surface area contributed by atoms with Crippen LogP contribution in [0.2, 0.25) is 0 Å². The molecule has 6 aromatic rings. The minimum Gasteiger partial charge on any atom is -0.457 e. The van der Waals surface area contributed by atoms with Crippen LogP contribution < -0.4 is 4.74 Å². The standard InChI is InChI=1S/C25H16N4O/c1-2-6-18(7-3-1)30-19-12-10-17(11-13-19)29-16-28-24-20-8-4-14-26-22(20)23-21(25(24)29)9-5-15-27-23/h1-16H. The fraction of sp³-hybridized carbons (Fsp3) is 0. The molecule has 0 amide bonds. The summed E-state index contributed by atoms with van der Waals surface area (Å²) < 4.78 is 8.02. The predicted octanol–water partition coefficient (Wildman–Crippen LogP) is 5.91. The topological polar surface area (TPSA) is 52.8 Å². The number of nitrogens with zero attached hydrogens (tertiary/aromatic N) is 4. The van der Waals surface area contributed by atoms with Crippen LogP contribution in [-0.4, -0.2) is 19.5 Å². The molecule has 0 saturated carbocycles. The van der Waals surface area contributed by atoms with Gasteiger partial charge in [-0.05, 0) is 60.7 Å². The van der Waals surface area contributed by atoms with Gasteiger partial charge in [0.1, 0.15) is 17.8 Å². The van der Waals surface area contributed by atoms with Crippen molar-refractivity contribution in [2.45, 2.75) is 0 Å². The van der Waals surface area contributed by atoms with Crippen LogP contribution in [0.15, 0.2) is 97.6 Å². The van der Waals surface area contributed by atoms with E-state index in [1.165, 1.54) is 0 Å². The number of hydrogen-bond donors (Lipinski definition) is 0. The Kier molecular flexibility index (Phi) is 3.71. The molecule has 0 radical (unpaired) electrons. The van der Waals surface area contributed by atoms with E-state index in [4.69, 9.17) is 9.72 Å². The molecule has 3 heterocycles. The van der Waals surface area contributed by atoms with Crippen molar-refractivity contribution in [3.8, 4) is 17.2 Å². The molecule has 0 saturated heterocycles. The molecule has 0 bridgehead atoms. The summed E-state index contributed by atoms with van der Waals surface area (Å²) >= 11 is 0. The Bertz CT molecular complexity index is 1510. The van der Waals surface area contributed by atoms with Crippen LogP contribution in [0.3, 0.4) is 0 Å². The Labute approximate surface area is 172 Å². The molecule has 5 heteroatoms. The van der Waals surface area contributed by atoms with Gasteiger partial charge in [0.05, 0.1) is 22.1 Å². The highest BCUT2D eigenvalue weighted by Crippen LogP contribution is 2.33. The predicted molar refractivity (Wildman–Crippen MR) is 118 cm³/mol. The van der Waals surface area contributed by atoms with Crippen LogP contribution in [0.5, 0.6) is 11.5 Å². The first kappa shape index (κ1) is 16.7. The van der Waals surface area contributed by atoms with Crippen LogP contribution in [0.1, 0.15) is 0 Å². The van der Waals surface area contributed by atoms with Crippen LogP contribution in [0, 0.1) is 0 Å². The number of rotatable bonds is 3. The zero-order valence-corrected chi connectivity index (χ0v) is 15.9. The van der Waals surface area contributed by atoms with E-state index >= 15 is 0 Å². The molecule has 3 aromatic carbocycles. The summed E-state index contributed by atoms with van der Waals surface area (Å²) in [4.78, 5) is 13.9. The van der Waals surface area contributed by atoms with Crippen molar-refractivity contribution in [2.24, 2.45) is 0 Å². The quantitative estimate of drug-likeness (QED) is 0.353. The molecule has 0 aliphatic rings. The fourth-order valence-corrected chi connectivity index (χ4v) is 3.87. The van der Waals surface area contributed by atoms with E-state index in [2.05, 4.69) is 20.6 Å². The lowest BCUT2D eigenvalue weighted by atomic mass is 10.1. The van der Waals surface area contributed by atoms with Gasteiger partial charge in [-0.2, -0.15) is 0 Å². The Hall–Kier alpha value is -4.25. The van der Waals surface area contributed by atoms with E-state index in [-0.39, 0.29) is 0 Å². The second kappa shape index (κ2) is 6.67. The van der Waals surface area contributed by atoms with Crippen molar-refractivity contribution in [3.63, 3.8) is 0 Å². The first-order valence-electron chi connectivity index (χ1n) is 9.70. The summed E-state index contributed by atoms with van der Waals surface area (Å²) in [7, 11) is 0. The van der Waals surface area contributed by atoms with Crippen LogP contribution >= 0.6 is 0 Å². The van der Waals surface area contributed by atoms with Gasteiger partial charge in [-0.25, -0.2) is 4.98 Å². The third-order valence-corrected chi connectivity index (χ3v) is 5.21. The lowest BCUT2D eigenvalue weighted by Gasteiger charge is -2.10. The van der Waals surface area contributed by atoms with E-state index in [9.17, 15) is 0 Å². The summed E-state index contributed by atoms with van der Waals surface area (Å²) in [6.45, 7) is 0. The van der Waals surface area contributed by atoms with Gasteiger partial charge in [-0.1, -0.05) is 18.2 Å².